The molecule has 0 aliphatic carbocycles. The molecule has 4 rings (SSSR count). The average Bonchev–Trinajstić information content (AvgIpc) is 2.84. The van der Waals surface area contributed by atoms with Gasteiger partial charge >= 0.3 is 0 Å². The van der Waals surface area contributed by atoms with Crippen LogP contribution in [0, 0.1) is 15.9 Å². The summed E-state index contributed by atoms with van der Waals surface area (Å²) in [6.07, 6.45) is 0. The Morgan fingerprint density at radius 2 is 1.67 bits per heavy atom. The first kappa shape index (κ1) is 22.9. The third kappa shape index (κ3) is 5.37. The maximum atomic E-state index is 13.1. The highest BCUT2D eigenvalue weighted by atomic mass is 32.1. The number of benzene rings is 2. The van der Waals surface area contributed by atoms with Gasteiger partial charge in [0.15, 0.2) is 5.11 Å². The topological polar surface area (TPSA) is 91.2 Å². The molecule has 174 valence electrons. The Balaban J connectivity index is 1.39. The van der Waals surface area contributed by atoms with Gasteiger partial charge in [-0.15, -0.1) is 0 Å². The number of hydrogen-bond acceptors (Lipinski definition) is 7. The number of halogens is 1. The maximum absolute atomic E-state index is 13.1. The van der Waals surface area contributed by atoms with E-state index in [-0.39, 0.29) is 16.5 Å². The summed E-state index contributed by atoms with van der Waals surface area (Å²) in [6.45, 7) is 4.78. The molecule has 0 saturated carbocycles. The van der Waals surface area contributed by atoms with E-state index in [1.54, 1.807) is 12.1 Å². The molecule has 1 amide bonds. The van der Waals surface area contributed by atoms with Gasteiger partial charge in [-0.2, -0.15) is 0 Å². The van der Waals surface area contributed by atoms with E-state index < -0.39 is 5.82 Å². The van der Waals surface area contributed by atoms with E-state index >= 15 is 0 Å². The minimum atomic E-state index is -0.409. The Kier molecular flexibility index (Phi) is 6.99. The first-order valence-corrected chi connectivity index (χ1v) is 11.0. The number of nitro groups is 1. The number of anilines is 2. The number of carbonyl (C=O) groups excluding carboxylic acids is 1. The molecule has 0 aromatic heterocycles. The van der Waals surface area contributed by atoms with Crippen molar-refractivity contribution in [3.63, 3.8) is 0 Å². The zero-order valence-electron chi connectivity index (χ0n) is 17.9. The molecule has 9 nitrogen and oxygen atoms in total. The zero-order valence-corrected chi connectivity index (χ0v) is 18.7. The predicted molar refractivity (Wildman–Crippen MR) is 126 cm³/mol. The molecule has 0 bridgehead atoms. The van der Waals surface area contributed by atoms with Crippen LogP contribution in [0.15, 0.2) is 42.5 Å². The average molecular weight is 474 g/mol. The first-order valence-electron chi connectivity index (χ1n) is 10.6. The smallest absolute Gasteiger partial charge is 0.292 e. The minimum Gasteiger partial charge on any atom is -0.378 e. The number of morpholine rings is 1. The molecule has 2 fully saturated rings. The molecule has 0 radical (unpaired) electrons. The van der Waals surface area contributed by atoms with Crippen molar-refractivity contribution in [2.75, 3.05) is 62.3 Å². The third-order valence-corrected chi connectivity index (χ3v) is 6.13. The number of nitro benzene ring substituents is 1. The fraction of sp³-hybridized carbons (Fsp3) is 0.364. The van der Waals surface area contributed by atoms with Crippen molar-refractivity contribution in [2.24, 2.45) is 0 Å². The summed E-state index contributed by atoms with van der Waals surface area (Å²) < 4.78 is 18.4. The summed E-state index contributed by atoms with van der Waals surface area (Å²) >= 11 is 5.39. The number of rotatable bonds is 4. The standard InChI is InChI=1S/C22H24FN5O4S/c23-17-3-1-16(2-4-17)21(29)24-22(33)27-9-7-25(8-10-27)18-5-6-19(28(30)31)20(15-18)26-11-13-32-14-12-26/h1-6,15H,7-14H2,(H,24,29,33). The van der Waals surface area contributed by atoms with Crippen molar-refractivity contribution in [3.05, 3.63) is 64.0 Å². The fourth-order valence-electron chi connectivity index (χ4n) is 3.94. The normalized spacial score (nSPS) is 16.5. The molecule has 2 aliphatic rings. The molecular weight excluding hydrogens is 449 g/mol. The van der Waals surface area contributed by atoms with Gasteiger partial charge in [-0.1, -0.05) is 0 Å². The second-order valence-electron chi connectivity index (χ2n) is 7.77. The Morgan fingerprint density at radius 1 is 1.00 bits per heavy atom. The van der Waals surface area contributed by atoms with Crippen LogP contribution in [0.5, 0.6) is 0 Å². The van der Waals surface area contributed by atoms with Crippen LogP contribution < -0.4 is 15.1 Å². The molecule has 2 aliphatic heterocycles. The SMILES string of the molecule is O=C(NC(=S)N1CCN(c2ccc([N+](=O)[O-])c(N3CCOCC3)c2)CC1)c1ccc(F)cc1. The van der Waals surface area contributed by atoms with Crippen molar-refractivity contribution >= 4 is 40.3 Å². The highest BCUT2D eigenvalue weighted by molar-refractivity contribution is 7.80. The van der Waals surface area contributed by atoms with E-state index in [9.17, 15) is 19.3 Å². The number of nitrogens with zero attached hydrogens (tertiary/aromatic N) is 4. The number of piperazine rings is 1. The Labute approximate surface area is 195 Å². The largest absolute Gasteiger partial charge is 0.378 e. The summed E-state index contributed by atoms with van der Waals surface area (Å²) in [7, 11) is 0. The van der Waals surface area contributed by atoms with Crippen LogP contribution in [0.4, 0.5) is 21.5 Å². The molecule has 1 N–H and O–H groups in total. The maximum Gasteiger partial charge on any atom is 0.292 e. The number of hydrogen-bond donors (Lipinski definition) is 1. The van der Waals surface area contributed by atoms with Gasteiger partial charge in [-0.25, -0.2) is 4.39 Å². The summed E-state index contributed by atoms with van der Waals surface area (Å²) in [4.78, 5) is 29.6. The molecule has 0 unspecified atom stereocenters. The van der Waals surface area contributed by atoms with Crippen LogP contribution in [0.2, 0.25) is 0 Å². The number of nitrogens with one attached hydrogen (secondary N) is 1. The van der Waals surface area contributed by atoms with Crippen molar-refractivity contribution < 1.29 is 18.8 Å². The van der Waals surface area contributed by atoms with Crippen LogP contribution in [0.1, 0.15) is 10.4 Å². The van der Waals surface area contributed by atoms with E-state index in [1.807, 2.05) is 15.9 Å². The monoisotopic (exact) mass is 473 g/mol. The number of thiocarbonyl (C=S) groups is 1. The van der Waals surface area contributed by atoms with Crippen LogP contribution in [-0.4, -0.2) is 73.3 Å². The molecule has 11 heteroatoms. The molecule has 2 aromatic carbocycles. The van der Waals surface area contributed by atoms with Crippen molar-refractivity contribution in [1.29, 1.82) is 0 Å². The van der Waals surface area contributed by atoms with Crippen LogP contribution >= 0.6 is 12.2 Å². The van der Waals surface area contributed by atoms with Gasteiger partial charge in [-0.05, 0) is 48.6 Å². The third-order valence-electron chi connectivity index (χ3n) is 5.77. The summed E-state index contributed by atoms with van der Waals surface area (Å²) in [5, 5.41) is 14.6. The van der Waals surface area contributed by atoms with E-state index in [0.717, 1.165) is 5.69 Å². The number of carbonyl (C=O) groups is 1. The van der Waals surface area contributed by atoms with Crippen molar-refractivity contribution in [1.82, 2.24) is 10.2 Å². The summed E-state index contributed by atoms with van der Waals surface area (Å²) in [6, 6.07) is 10.5. The highest BCUT2D eigenvalue weighted by Crippen LogP contribution is 2.33. The molecule has 2 saturated heterocycles. The van der Waals surface area contributed by atoms with E-state index in [2.05, 4.69) is 10.2 Å². The van der Waals surface area contributed by atoms with E-state index in [0.29, 0.717) is 68.8 Å². The molecule has 2 heterocycles. The summed E-state index contributed by atoms with van der Waals surface area (Å²) in [5.41, 5.74) is 1.93. The second-order valence-corrected chi connectivity index (χ2v) is 8.16. The summed E-state index contributed by atoms with van der Waals surface area (Å²) in [5.74, 6) is -0.791. The first-order chi connectivity index (χ1) is 15.9. The van der Waals surface area contributed by atoms with Crippen LogP contribution in [0.25, 0.3) is 0 Å². The van der Waals surface area contributed by atoms with Gasteiger partial charge in [0.1, 0.15) is 11.5 Å². The lowest BCUT2D eigenvalue weighted by Crippen LogP contribution is -2.52. The van der Waals surface area contributed by atoms with Crippen LogP contribution in [-0.2, 0) is 4.74 Å². The lowest BCUT2D eigenvalue weighted by molar-refractivity contribution is -0.384. The van der Waals surface area contributed by atoms with Gasteiger partial charge in [0.2, 0.25) is 0 Å². The predicted octanol–water partition coefficient (Wildman–Crippen LogP) is 2.41. The molecule has 0 spiro atoms. The zero-order chi connectivity index (χ0) is 23.4. The molecule has 33 heavy (non-hydrogen) atoms. The van der Waals surface area contributed by atoms with Crippen LogP contribution in [0.3, 0.4) is 0 Å². The van der Waals surface area contributed by atoms with Gasteiger partial charge in [0.05, 0.1) is 18.1 Å². The Hall–Kier alpha value is -3.31. The van der Waals surface area contributed by atoms with Gasteiger partial charge in [0, 0.05) is 56.6 Å². The van der Waals surface area contributed by atoms with Crippen molar-refractivity contribution in [3.8, 4) is 0 Å². The second kappa shape index (κ2) is 10.1. The molecule has 2 aromatic rings. The lowest BCUT2D eigenvalue weighted by atomic mass is 10.1. The van der Waals surface area contributed by atoms with Gasteiger partial charge < -0.3 is 19.4 Å². The number of amides is 1. The molecular formula is C22H24FN5O4S. The minimum absolute atomic E-state index is 0.0870. The quantitative estimate of drug-likeness (QED) is 0.411. The number of ether oxygens (including phenoxy) is 1. The Morgan fingerprint density at radius 3 is 2.30 bits per heavy atom. The highest BCUT2D eigenvalue weighted by Gasteiger charge is 2.25. The van der Waals surface area contributed by atoms with Gasteiger partial charge in [0.25, 0.3) is 11.6 Å². The van der Waals surface area contributed by atoms with Crippen molar-refractivity contribution in [2.45, 2.75) is 0 Å². The Bertz CT molecular complexity index is 1040. The molecule has 0 atom stereocenters. The van der Waals surface area contributed by atoms with E-state index in [4.69, 9.17) is 17.0 Å². The fourth-order valence-corrected chi connectivity index (χ4v) is 4.21. The van der Waals surface area contributed by atoms with E-state index in [1.165, 1.54) is 24.3 Å². The van der Waals surface area contributed by atoms with Gasteiger partial charge in [-0.3, -0.25) is 20.2 Å². The lowest BCUT2D eigenvalue weighted by Gasteiger charge is -2.37.